The summed E-state index contributed by atoms with van der Waals surface area (Å²) in [5, 5.41) is 6.42. The predicted octanol–water partition coefficient (Wildman–Crippen LogP) is 4.38. The zero-order chi connectivity index (χ0) is 26.9. The Bertz CT molecular complexity index is 1630. The van der Waals surface area contributed by atoms with E-state index in [2.05, 4.69) is 20.0 Å². The van der Waals surface area contributed by atoms with Crippen molar-refractivity contribution in [3.05, 3.63) is 91.7 Å². The largest absolute Gasteiger partial charge is 0.317 e. The van der Waals surface area contributed by atoms with E-state index < -0.39 is 15.9 Å². The molecule has 1 aromatic carbocycles. The number of anilines is 2. The fourth-order valence-corrected chi connectivity index (χ4v) is 6.72. The molecule has 1 aliphatic rings. The van der Waals surface area contributed by atoms with Gasteiger partial charge in [-0.3, -0.25) is 9.59 Å². The number of rotatable bonds is 7. The van der Waals surface area contributed by atoms with E-state index in [1.165, 1.54) is 33.6 Å². The van der Waals surface area contributed by atoms with Gasteiger partial charge in [0, 0.05) is 28.5 Å². The lowest BCUT2D eigenvalue weighted by Crippen LogP contribution is -2.37. The van der Waals surface area contributed by atoms with Gasteiger partial charge in [-0.1, -0.05) is 18.2 Å². The summed E-state index contributed by atoms with van der Waals surface area (Å²) in [4.78, 5) is 37.7. The summed E-state index contributed by atoms with van der Waals surface area (Å²) in [6.45, 7) is 3.78. The Kier molecular flexibility index (Phi) is 7.11. The van der Waals surface area contributed by atoms with Crippen LogP contribution in [0.4, 0.5) is 11.6 Å². The zero-order valence-electron chi connectivity index (χ0n) is 20.5. The molecule has 1 aliphatic heterocycles. The number of hydrogen-bond acceptors (Lipinski definition) is 8. The van der Waals surface area contributed by atoms with Crippen molar-refractivity contribution in [2.75, 3.05) is 16.2 Å². The lowest BCUT2D eigenvalue weighted by molar-refractivity contribution is -0.115. The molecule has 2 N–H and O–H groups in total. The third-order valence-corrected chi connectivity index (χ3v) is 8.88. The molecule has 0 radical (unpaired) electrons. The maximum atomic E-state index is 13.7. The van der Waals surface area contributed by atoms with Gasteiger partial charge in [0.1, 0.15) is 5.70 Å². The van der Waals surface area contributed by atoms with Gasteiger partial charge in [0.25, 0.3) is 21.8 Å². The molecule has 0 unspecified atom stereocenters. The molecule has 0 saturated heterocycles. The maximum absolute atomic E-state index is 13.7. The van der Waals surface area contributed by atoms with Crippen LogP contribution in [0.3, 0.4) is 0 Å². The van der Waals surface area contributed by atoms with Crippen molar-refractivity contribution in [1.29, 1.82) is 0 Å². The predicted molar refractivity (Wildman–Crippen MR) is 149 cm³/mol. The van der Waals surface area contributed by atoms with Crippen molar-refractivity contribution < 1.29 is 18.0 Å². The lowest BCUT2D eigenvalue weighted by Gasteiger charge is -2.20. The summed E-state index contributed by atoms with van der Waals surface area (Å²) >= 11 is 2.71. The molecule has 0 bridgehead atoms. The van der Waals surface area contributed by atoms with E-state index in [1.54, 1.807) is 55.6 Å². The Hall–Kier alpha value is -3.87. The molecule has 0 atom stereocenters. The molecular formula is C26H23N5O4S3. The molecule has 4 heterocycles. The van der Waals surface area contributed by atoms with Crippen LogP contribution in [0.25, 0.3) is 6.08 Å². The summed E-state index contributed by atoms with van der Waals surface area (Å²) in [6.07, 6.45) is 1.97. The Labute approximate surface area is 227 Å². The number of hydrogen-bond donors (Lipinski definition) is 2. The van der Waals surface area contributed by atoms with Crippen LogP contribution in [0.1, 0.15) is 31.5 Å². The molecule has 38 heavy (non-hydrogen) atoms. The molecule has 0 spiro atoms. The standard InChI is InChI=1S/C26H23N5O4S3/c1-16-14-17(2)28-26(27-16)30-38(34,35)23-9-3-7-21-19(23)10-11-31(21)25(33)20(15-18-6-4-12-36-18)29-24(32)22-8-5-13-37-22/h3-9,12-15H,10-11H2,1-2H3,(H,29,32)(H,27,28,30)/b20-15+. The normalized spacial score (nSPS) is 13.3. The second-order valence-corrected chi connectivity index (χ2v) is 12.1. The van der Waals surface area contributed by atoms with Gasteiger partial charge >= 0.3 is 0 Å². The first kappa shape index (κ1) is 25.8. The third-order valence-electron chi connectivity index (χ3n) is 5.78. The SMILES string of the molecule is Cc1cc(C)nc(NS(=O)(=O)c2cccc3c2CCN3C(=O)/C(=C\c2cccs2)NC(=O)c2cccs2)n1. The van der Waals surface area contributed by atoms with Crippen molar-refractivity contribution in [3.8, 4) is 0 Å². The van der Waals surface area contributed by atoms with Crippen LogP contribution in [0, 0.1) is 13.8 Å². The molecule has 194 valence electrons. The quantitative estimate of drug-likeness (QED) is 0.321. The monoisotopic (exact) mass is 565 g/mol. The van der Waals surface area contributed by atoms with Crippen molar-refractivity contribution >= 4 is 62.2 Å². The average Bonchev–Trinajstić information content (AvgIpc) is 3.64. The lowest BCUT2D eigenvalue weighted by atomic mass is 10.2. The highest BCUT2D eigenvalue weighted by Gasteiger charge is 2.32. The van der Waals surface area contributed by atoms with E-state index in [0.29, 0.717) is 33.9 Å². The van der Waals surface area contributed by atoms with Crippen molar-refractivity contribution in [2.24, 2.45) is 0 Å². The Morgan fingerprint density at radius 1 is 1.00 bits per heavy atom. The summed E-state index contributed by atoms with van der Waals surface area (Å²) < 4.78 is 29.1. The number of amides is 2. The molecular weight excluding hydrogens is 543 g/mol. The highest BCUT2D eigenvalue weighted by molar-refractivity contribution is 7.92. The third kappa shape index (κ3) is 5.37. The molecule has 3 aromatic heterocycles. The van der Waals surface area contributed by atoms with Gasteiger partial charge in [-0.15, -0.1) is 22.7 Å². The number of benzene rings is 1. The number of sulfonamides is 1. The topological polar surface area (TPSA) is 121 Å². The summed E-state index contributed by atoms with van der Waals surface area (Å²) in [5.74, 6) is -0.824. The van der Waals surface area contributed by atoms with Gasteiger partial charge in [-0.05, 0) is 73.0 Å². The fraction of sp³-hybridized carbons (Fsp3) is 0.154. The summed E-state index contributed by atoms with van der Waals surface area (Å²) in [7, 11) is -4.03. The van der Waals surface area contributed by atoms with E-state index in [4.69, 9.17) is 0 Å². The van der Waals surface area contributed by atoms with Gasteiger partial charge in [-0.25, -0.2) is 23.1 Å². The smallest absolute Gasteiger partial charge is 0.274 e. The van der Waals surface area contributed by atoms with Crippen LogP contribution in [-0.4, -0.2) is 36.7 Å². The minimum Gasteiger partial charge on any atom is -0.317 e. The number of fused-ring (bicyclic) bond motifs is 1. The van der Waals surface area contributed by atoms with Crippen LogP contribution in [0.2, 0.25) is 0 Å². The van der Waals surface area contributed by atoms with Gasteiger partial charge in [0.2, 0.25) is 5.95 Å². The molecule has 0 saturated carbocycles. The number of aryl methyl sites for hydroxylation is 2. The number of carbonyl (C=O) groups excluding carboxylic acids is 2. The first-order chi connectivity index (χ1) is 18.2. The van der Waals surface area contributed by atoms with E-state index >= 15 is 0 Å². The molecule has 2 amide bonds. The Balaban J connectivity index is 1.46. The average molecular weight is 566 g/mol. The van der Waals surface area contributed by atoms with Crippen molar-refractivity contribution in [3.63, 3.8) is 0 Å². The second kappa shape index (κ2) is 10.5. The summed E-state index contributed by atoms with van der Waals surface area (Å²) in [6, 6.07) is 13.7. The van der Waals surface area contributed by atoms with E-state index in [0.717, 1.165) is 4.88 Å². The van der Waals surface area contributed by atoms with Crippen LogP contribution in [0.15, 0.2) is 69.9 Å². The van der Waals surface area contributed by atoms with Gasteiger partial charge in [0.05, 0.1) is 9.77 Å². The van der Waals surface area contributed by atoms with Crippen molar-refractivity contribution in [2.45, 2.75) is 25.2 Å². The number of carbonyl (C=O) groups is 2. The highest BCUT2D eigenvalue weighted by Crippen LogP contribution is 2.34. The second-order valence-electron chi connectivity index (χ2n) is 8.55. The number of nitrogens with one attached hydrogen (secondary N) is 2. The molecule has 9 nitrogen and oxygen atoms in total. The van der Waals surface area contributed by atoms with E-state index in [-0.39, 0.29) is 29.0 Å². The maximum Gasteiger partial charge on any atom is 0.274 e. The first-order valence-electron chi connectivity index (χ1n) is 11.6. The van der Waals surface area contributed by atoms with Gasteiger partial charge < -0.3 is 10.2 Å². The summed E-state index contributed by atoms with van der Waals surface area (Å²) in [5.41, 5.74) is 2.37. The number of nitrogens with zero attached hydrogens (tertiary/aromatic N) is 3. The minimum absolute atomic E-state index is 0.0107. The Morgan fingerprint density at radius 3 is 2.42 bits per heavy atom. The highest BCUT2D eigenvalue weighted by atomic mass is 32.2. The van der Waals surface area contributed by atoms with Crippen LogP contribution < -0.4 is 14.9 Å². The van der Waals surface area contributed by atoms with Gasteiger partial charge in [0.15, 0.2) is 0 Å². The first-order valence-corrected chi connectivity index (χ1v) is 14.8. The van der Waals surface area contributed by atoms with Crippen LogP contribution >= 0.6 is 22.7 Å². The molecule has 4 aromatic rings. The minimum atomic E-state index is -4.03. The van der Waals surface area contributed by atoms with E-state index in [9.17, 15) is 18.0 Å². The van der Waals surface area contributed by atoms with E-state index in [1.807, 2.05) is 17.5 Å². The molecule has 0 fully saturated rings. The zero-order valence-corrected chi connectivity index (χ0v) is 22.9. The number of aromatic nitrogens is 2. The number of thiophene rings is 2. The molecule has 5 rings (SSSR count). The fourth-order valence-electron chi connectivity index (χ4n) is 4.22. The van der Waals surface area contributed by atoms with Crippen LogP contribution in [0.5, 0.6) is 0 Å². The molecule has 0 aliphatic carbocycles. The molecule has 12 heteroatoms. The Morgan fingerprint density at radius 2 is 1.74 bits per heavy atom. The van der Waals surface area contributed by atoms with Gasteiger partial charge in [-0.2, -0.15) is 0 Å². The van der Waals surface area contributed by atoms with Crippen LogP contribution in [-0.2, 0) is 21.2 Å². The van der Waals surface area contributed by atoms with Crippen molar-refractivity contribution in [1.82, 2.24) is 15.3 Å².